The highest BCUT2D eigenvalue weighted by molar-refractivity contribution is 7.90. The minimum atomic E-state index is -3.20. The topological polar surface area (TPSA) is 84.5 Å². The van der Waals surface area contributed by atoms with Crippen molar-refractivity contribution in [3.05, 3.63) is 24.3 Å². The Labute approximate surface area is 118 Å². The van der Waals surface area contributed by atoms with E-state index in [9.17, 15) is 13.2 Å². The molecule has 0 aromatic heterocycles. The molecule has 0 spiro atoms. The maximum atomic E-state index is 12.0. The summed E-state index contributed by atoms with van der Waals surface area (Å²) in [7, 11) is -1.63. The average Bonchev–Trinajstić information content (AvgIpc) is 3.17. The molecule has 0 saturated heterocycles. The second-order valence-corrected chi connectivity index (χ2v) is 7.10. The Kier molecular flexibility index (Phi) is 4.01. The highest BCUT2D eigenvalue weighted by atomic mass is 32.2. The van der Waals surface area contributed by atoms with Crippen molar-refractivity contribution in [1.82, 2.24) is 5.43 Å². The van der Waals surface area contributed by atoms with Crippen LogP contribution in [0, 0.1) is 5.41 Å². The zero-order valence-corrected chi connectivity index (χ0v) is 12.3. The van der Waals surface area contributed by atoms with Gasteiger partial charge in [-0.2, -0.15) is 0 Å². The second-order valence-electron chi connectivity index (χ2n) is 5.09. The van der Waals surface area contributed by atoms with Gasteiger partial charge in [-0.1, -0.05) is 0 Å². The van der Waals surface area contributed by atoms with Gasteiger partial charge in [-0.25, -0.2) is 8.42 Å². The Morgan fingerprint density at radius 3 is 2.35 bits per heavy atom. The lowest BCUT2D eigenvalue weighted by molar-refractivity contribution is -0.127. The first-order valence-corrected chi connectivity index (χ1v) is 8.12. The molecule has 1 fully saturated rings. The molecule has 0 bridgehead atoms. The van der Waals surface area contributed by atoms with Gasteiger partial charge in [-0.3, -0.25) is 15.6 Å². The highest BCUT2D eigenvalue weighted by Crippen LogP contribution is 2.45. The Morgan fingerprint density at radius 2 is 1.90 bits per heavy atom. The summed E-state index contributed by atoms with van der Waals surface area (Å²) in [5.41, 5.74) is 5.62. The van der Waals surface area contributed by atoms with Crippen LogP contribution < -0.4 is 10.9 Å². The van der Waals surface area contributed by atoms with Gasteiger partial charge in [0.05, 0.1) is 22.6 Å². The fourth-order valence-corrected chi connectivity index (χ4v) is 2.54. The van der Waals surface area contributed by atoms with E-state index in [4.69, 9.17) is 4.74 Å². The third-order valence-electron chi connectivity index (χ3n) is 3.36. The molecule has 1 aliphatic rings. The molecular formula is C13H18N2O4S. The molecule has 7 heteroatoms. The van der Waals surface area contributed by atoms with Gasteiger partial charge in [0.2, 0.25) is 5.91 Å². The maximum absolute atomic E-state index is 12.0. The number of methoxy groups -OCH3 is 1. The second kappa shape index (κ2) is 5.41. The predicted octanol–water partition coefficient (Wildman–Crippen LogP) is 0.960. The molecule has 1 aromatic carbocycles. The summed E-state index contributed by atoms with van der Waals surface area (Å²) in [4.78, 5) is 12.2. The van der Waals surface area contributed by atoms with Gasteiger partial charge < -0.3 is 4.74 Å². The lowest BCUT2D eigenvalue weighted by Crippen LogP contribution is -2.38. The van der Waals surface area contributed by atoms with E-state index in [0.29, 0.717) is 12.3 Å². The SMILES string of the molecule is COCC1(C(=O)NNc2ccc(S(C)(=O)=O)cc2)CC1. The molecule has 0 aliphatic heterocycles. The Bertz CT molecular complexity index is 591. The zero-order valence-electron chi connectivity index (χ0n) is 11.5. The predicted molar refractivity (Wildman–Crippen MR) is 74.9 cm³/mol. The van der Waals surface area contributed by atoms with Crippen molar-refractivity contribution >= 4 is 21.4 Å². The van der Waals surface area contributed by atoms with E-state index < -0.39 is 15.3 Å². The van der Waals surface area contributed by atoms with Crippen LogP contribution in [0.25, 0.3) is 0 Å². The fraction of sp³-hybridized carbons (Fsp3) is 0.462. The van der Waals surface area contributed by atoms with E-state index in [-0.39, 0.29) is 10.8 Å². The van der Waals surface area contributed by atoms with Gasteiger partial charge in [-0.05, 0) is 37.1 Å². The van der Waals surface area contributed by atoms with Gasteiger partial charge in [0.25, 0.3) is 0 Å². The lowest BCUT2D eigenvalue weighted by atomic mass is 10.1. The van der Waals surface area contributed by atoms with Gasteiger partial charge in [-0.15, -0.1) is 0 Å². The number of hydrazine groups is 1. The molecule has 0 radical (unpaired) electrons. The normalized spacial score (nSPS) is 16.5. The van der Waals surface area contributed by atoms with Crippen molar-refractivity contribution in [3.63, 3.8) is 0 Å². The van der Waals surface area contributed by atoms with E-state index in [1.165, 1.54) is 12.1 Å². The summed E-state index contributed by atoms with van der Waals surface area (Å²) in [6, 6.07) is 6.19. The third kappa shape index (κ3) is 3.29. The smallest absolute Gasteiger partial charge is 0.246 e. The summed E-state index contributed by atoms with van der Waals surface area (Å²) < 4.78 is 27.7. The Balaban J connectivity index is 1.93. The lowest BCUT2D eigenvalue weighted by Gasteiger charge is -2.15. The van der Waals surface area contributed by atoms with Crippen LogP contribution in [0.2, 0.25) is 0 Å². The molecule has 20 heavy (non-hydrogen) atoms. The maximum Gasteiger partial charge on any atom is 0.246 e. The molecule has 1 aromatic rings. The zero-order chi connectivity index (χ0) is 14.8. The molecule has 0 atom stereocenters. The van der Waals surface area contributed by atoms with Gasteiger partial charge >= 0.3 is 0 Å². The van der Waals surface area contributed by atoms with Gasteiger partial charge in [0.1, 0.15) is 0 Å². The number of hydrogen-bond donors (Lipinski definition) is 2. The van der Waals surface area contributed by atoms with Crippen LogP contribution in [0.3, 0.4) is 0 Å². The van der Waals surface area contributed by atoms with Crippen LogP contribution in [-0.2, 0) is 19.4 Å². The van der Waals surface area contributed by atoms with E-state index >= 15 is 0 Å². The minimum Gasteiger partial charge on any atom is -0.384 e. The van der Waals surface area contributed by atoms with Crippen molar-refractivity contribution in [2.24, 2.45) is 5.41 Å². The van der Waals surface area contributed by atoms with Crippen molar-refractivity contribution in [2.75, 3.05) is 25.4 Å². The first-order chi connectivity index (χ1) is 9.37. The van der Waals surface area contributed by atoms with Crippen molar-refractivity contribution in [1.29, 1.82) is 0 Å². The summed E-state index contributed by atoms with van der Waals surface area (Å²) in [6.07, 6.45) is 2.79. The molecular weight excluding hydrogens is 280 g/mol. The van der Waals surface area contributed by atoms with E-state index in [1.54, 1.807) is 19.2 Å². The number of carbonyl (C=O) groups excluding carboxylic acids is 1. The fourth-order valence-electron chi connectivity index (χ4n) is 1.91. The van der Waals surface area contributed by atoms with Crippen LogP contribution in [0.1, 0.15) is 12.8 Å². The molecule has 0 heterocycles. The largest absolute Gasteiger partial charge is 0.384 e. The van der Waals surface area contributed by atoms with Gasteiger partial charge in [0, 0.05) is 13.4 Å². The van der Waals surface area contributed by atoms with Crippen LogP contribution in [0.4, 0.5) is 5.69 Å². The molecule has 6 nitrogen and oxygen atoms in total. The van der Waals surface area contributed by atoms with Crippen molar-refractivity contribution in [3.8, 4) is 0 Å². The minimum absolute atomic E-state index is 0.105. The highest BCUT2D eigenvalue weighted by Gasteiger charge is 2.50. The first-order valence-electron chi connectivity index (χ1n) is 6.23. The molecule has 1 aliphatic carbocycles. The molecule has 2 rings (SSSR count). The number of nitrogens with one attached hydrogen (secondary N) is 2. The van der Waals surface area contributed by atoms with Gasteiger partial charge in [0.15, 0.2) is 9.84 Å². The number of ether oxygens (including phenoxy) is 1. The first kappa shape index (κ1) is 14.8. The van der Waals surface area contributed by atoms with Crippen LogP contribution in [0.5, 0.6) is 0 Å². The number of rotatable bonds is 6. The van der Waals surface area contributed by atoms with Crippen molar-refractivity contribution < 1.29 is 17.9 Å². The number of benzene rings is 1. The number of hydrogen-bond acceptors (Lipinski definition) is 5. The summed E-state index contributed by atoms with van der Waals surface area (Å²) in [5, 5.41) is 0. The Hall–Kier alpha value is -1.60. The standard InChI is InChI=1S/C13H18N2O4S/c1-19-9-13(7-8-13)12(16)15-14-10-3-5-11(6-4-10)20(2,17)18/h3-6,14H,7-9H2,1-2H3,(H,15,16). The number of anilines is 1. The number of carbonyl (C=O) groups is 1. The summed E-state index contributed by atoms with van der Waals surface area (Å²) >= 11 is 0. The van der Waals surface area contributed by atoms with Crippen LogP contribution >= 0.6 is 0 Å². The summed E-state index contributed by atoms with van der Waals surface area (Å²) in [6.45, 7) is 0.410. The summed E-state index contributed by atoms with van der Waals surface area (Å²) in [5.74, 6) is -0.105. The van der Waals surface area contributed by atoms with E-state index in [0.717, 1.165) is 19.1 Å². The molecule has 110 valence electrons. The van der Waals surface area contributed by atoms with Crippen molar-refractivity contribution in [2.45, 2.75) is 17.7 Å². The average molecular weight is 298 g/mol. The molecule has 1 amide bonds. The van der Waals surface area contributed by atoms with E-state index in [2.05, 4.69) is 10.9 Å². The van der Waals surface area contributed by atoms with E-state index in [1.807, 2.05) is 0 Å². The monoisotopic (exact) mass is 298 g/mol. The molecule has 0 unspecified atom stereocenters. The van der Waals surface area contributed by atoms with Crippen LogP contribution in [-0.4, -0.2) is 34.3 Å². The number of amides is 1. The quantitative estimate of drug-likeness (QED) is 0.764. The van der Waals surface area contributed by atoms with Crippen LogP contribution in [0.15, 0.2) is 29.2 Å². The molecule has 1 saturated carbocycles. The molecule has 2 N–H and O–H groups in total. The Morgan fingerprint density at radius 1 is 1.30 bits per heavy atom. The number of sulfone groups is 1. The third-order valence-corrected chi connectivity index (χ3v) is 4.49.